The molecule has 1 amide bonds. The molecule has 1 fully saturated rings. The predicted octanol–water partition coefficient (Wildman–Crippen LogP) is 0.0479. The van der Waals surface area contributed by atoms with Crippen molar-refractivity contribution in [1.29, 1.82) is 0 Å². The van der Waals surface area contributed by atoms with Crippen molar-refractivity contribution >= 4 is 23.2 Å². The molecular weight excluding hydrogens is 288 g/mol. The number of amides is 1. The van der Waals surface area contributed by atoms with Gasteiger partial charge in [-0.05, 0) is 6.07 Å². The van der Waals surface area contributed by atoms with Gasteiger partial charge in [0.1, 0.15) is 16.9 Å². The number of nitro groups is 1. The van der Waals surface area contributed by atoms with E-state index in [-0.39, 0.29) is 10.7 Å². The smallest absolute Gasteiger partial charge is 0.300 e. The molecule has 2 atom stereocenters. The fraction of sp³-hybridized carbons (Fsp3) is 0.455. The van der Waals surface area contributed by atoms with Crippen LogP contribution in [0.25, 0.3) is 0 Å². The van der Waals surface area contributed by atoms with Crippen LogP contribution in [0.4, 0.5) is 5.69 Å². The molecule has 0 aromatic carbocycles. The minimum atomic E-state index is -0.708. The number of likely N-dealkylation sites (N-methyl/N-ethyl adjacent to an activating group) is 1. The van der Waals surface area contributed by atoms with Gasteiger partial charge in [0.15, 0.2) is 0 Å². The zero-order valence-electron chi connectivity index (χ0n) is 10.6. The van der Waals surface area contributed by atoms with Crippen molar-refractivity contribution in [2.75, 3.05) is 20.1 Å². The highest BCUT2D eigenvalue weighted by molar-refractivity contribution is 6.29. The molecule has 0 aliphatic carbocycles. The van der Waals surface area contributed by atoms with Gasteiger partial charge in [0, 0.05) is 20.1 Å². The third kappa shape index (κ3) is 2.72. The summed E-state index contributed by atoms with van der Waals surface area (Å²) < 4.78 is 0. The van der Waals surface area contributed by atoms with Gasteiger partial charge in [0.25, 0.3) is 11.6 Å². The highest BCUT2D eigenvalue weighted by atomic mass is 35.5. The van der Waals surface area contributed by atoms with Crippen LogP contribution < -0.4 is 5.32 Å². The summed E-state index contributed by atoms with van der Waals surface area (Å²) in [5.41, 5.74) is -0.553. The second kappa shape index (κ2) is 5.70. The summed E-state index contributed by atoms with van der Waals surface area (Å²) in [7, 11) is 1.49. The molecule has 1 aromatic heterocycles. The van der Waals surface area contributed by atoms with E-state index in [0.29, 0.717) is 13.1 Å². The van der Waals surface area contributed by atoms with E-state index in [9.17, 15) is 20.0 Å². The van der Waals surface area contributed by atoms with Gasteiger partial charge in [-0.1, -0.05) is 11.6 Å². The molecule has 0 unspecified atom stereocenters. The van der Waals surface area contributed by atoms with Crippen molar-refractivity contribution in [3.8, 4) is 0 Å². The Bertz CT molecular complexity index is 553. The Balaban J connectivity index is 2.33. The highest BCUT2D eigenvalue weighted by Gasteiger charge is 2.34. The Hall–Kier alpha value is -1.77. The number of hydrogen-bond acceptors (Lipinski definition) is 6. The monoisotopic (exact) mass is 300 g/mol. The number of carbonyl (C=O) groups is 1. The van der Waals surface area contributed by atoms with E-state index in [2.05, 4.69) is 10.3 Å². The maximum atomic E-state index is 12.4. The normalized spacial score (nSPS) is 21.8. The summed E-state index contributed by atoms with van der Waals surface area (Å²) in [5, 5.41) is 23.6. The molecule has 2 rings (SSSR count). The van der Waals surface area contributed by atoms with Crippen molar-refractivity contribution in [1.82, 2.24) is 15.2 Å². The zero-order valence-corrected chi connectivity index (χ0v) is 11.4. The van der Waals surface area contributed by atoms with E-state index in [1.807, 2.05) is 0 Å². The standard InChI is InChI=1S/C11H13ClN4O4/c1-15(8-3-13-5-9(8)17)11(18)6-2-10(12)14-4-7(6)16(19)20/h2,4,8-9,13,17H,3,5H2,1H3/t8-,9-/m1/s1. The quantitative estimate of drug-likeness (QED) is 0.464. The number of carbonyl (C=O) groups excluding carboxylic acids is 1. The van der Waals surface area contributed by atoms with Crippen molar-refractivity contribution in [2.24, 2.45) is 0 Å². The lowest BCUT2D eigenvalue weighted by Gasteiger charge is -2.26. The number of aliphatic hydroxyl groups is 1. The molecule has 0 spiro atoms. The molecule has 0 saturated carbocycles. The van der Waals surface area contributed by atoms with E-state index in [4.69, 9.17) is 11.6 Å². The lowest BCUT2D eigenvalue weighted by atomic mass is 10.1. The molecule has 0 radical (unpaired) electrons. The van der Waals surface area contributed by atoms with E-state index in [1.165, 1.54) is 11.9 Å². The van der Waals surface area contributed by atoms with Crippen LogP contribution in [0.5, 0.6) is 0 Å². The molecule has 2 heterocycles. The fourth-order valence-electron chi connectivity index (χ4n) is 2.13. The Morgan fingerprint density at radius 3 is 2.90 bits per heavy atom. The number of hydrogen-bond donors (Lipinski definition) is 2. The second-order valence-electron chi connectivity index (χ2n) is 4.49. The first-order valence-electron chi connectivity index (χ1n) is 5.87. The summed E-state index contributed by atoms with van der Waals surface area (Å²) in [6, 6.07) is 0.724. The van der Waals surface area contributed by atoms with Crippen molar-refractivity contribution in [3.63, 3.8) is 0 Å². The number of pyridine rings is 1. The minimum absolute atomic E-state index is 0.00237. The molecular formula is C11H13ClN4O4. The number of aromatic nitrogens is 1. The van der Waals surface area contributed by atoms with Crippen LogP contribution in [0.2, 0.25) is 5.15 Å². The average Bonchev–Trinajstić information content (AvgIpc) is 2.82. The van der Waals surface area contributed by atoms with Crippen LogP contribution in [-0.2, 0) is 0 Å². The van der Waals surface area contributed by atoms with Crippen molar-refractivity contribution in [3.05, 3.63) is 33.1 Å². The number of nitrogens with one attached hydrogen (secondary N) is 1. The Kier molecular flexibility index (Phi) is 4.17. The van der Waals surface area contributed by atoms with Crippen LogP contribution >= 0.6 is 11.6 Å². The molecule has 9 heteroatoms. The Labute approximate surface area is 119 Å². The van der Waals surface area contributed by atoms with Crippen molar-refractivity contribution in [2.45, 2.75) is 12.1 Å². The largest absolute Gasteiger partial charge is 0.390 e. The van der Waals surface area contributed by atoms with Crippen LogP contribution in [0.3, 0.4) is 0 Å². The molecule has 2 N–H and O–H groups in total. The van der Waals surface area contributed by atoms with Gasteiger partial charge >= 0.3 is 0 Å². The van der Waals surface area contributed by atoms with Crippen LogP contribution in [0.15, 0.2) is 12.3 Å². The number of aliphatic hydroxyl groups excluding tert-OH is 1. The summed E-state index contributed by atoms with van der Waals surface area (Å²) >= 11 is 5.69. The van der Waals surface area contributed by atoms with Gasteiger partial charge in [-0.15, -0.1) is 0 Å². The van der Waals surface area contributed by atoms with Gasteiger partial charge < -0.3 is 15.3 Å². The lowest BCUT2D eigenvalue weighted by molar-refractivity contribution is -0.385. The first-order chi connectivity index (χ1) is 9.41. The van der Waals surface area contributed by atoms with E-state index in [0.717, 1.165) is 12.3 Å². The molecule has 8 nitrogen and oxygen atoms in total. The molecule has 0 bridgehead atoms. The molecule has 1 aromatic rings. The molecule has 20 heavy (non-hydrogen) atoms. The summed E-state index contributed by atoms with van der Waals surface area (Å²) in [5.74, 6) is -0.575. The first-order valence-corrected chi connectivity index (χ1v) is 6.25. The molecule has 1 saturated heterocycles. The summed E-state index contributed by atoms with van der Waals surface area (Å²) in [6.45, 7) is 0.803. The lowest BCUT2D eigenvalue weighted by Crippen LogP contribution is -2.44. The van der Waals surface area contributed by atoms with Gasteiger partial charge in [0.05, 0.1) is 17.1 Å². The second-order valence-corrected chi connectivity index (χ2v) is 4.88. The number of halogens is 1. The van der Waals surface area contributed by atoms with Crippen molar-refractivity contribution < 1.29 is 14.8 Å². The van der Waals surface area contributed by atoms with Gasteiger partial charge in [-0.3, -0.25) is 14.9 Å². The molecule has 1 aliphatic heterocycles. The molecule has 1 aliphatic rings. The van der Waals surface area contributed by atoms with E-state index >= 15 is 0 Å². The number of nitrogens with zero attached hydrogens (tertiary/aromatic N) is 3. The van der Waals surface area contributed by atoms with Gasteiger partial charge in [0.2, 0.25) is 0 Å². The topological polar surface area (TPSA) is 109 Å². The summed E-state index contributed by atoms with van der Waals surface area (Å²) in [4.78, 5) is 27.5. The first kappa shape index (κ1) is 14.6. The minimum Gasteiger partial charge on any atom is -0.390 e. The predicted molar refractivity (Wildman–Crippen MR) is 70.7 cm³/mol. The zero-order chi connectivity index (χ0) is 14.9. The van der Waals surface area contributed by atoms with E-state index < -0.39 is 28.7 Å². The third-order valence-electron chi connectivity index (χ3n) is 3.25. The SMILES string of the molecule is CN(C(=O)c1cc(Cl)ncc1[N+](=O)[O-])[C@@H]1CNC[C@H]1O. The maximum absolute atomic E-state index is 12.4. The van der Waals surface area contributed by atoms with Crippen LogP contribution in [0, 0.1) is 10.1 Å². The highest BCUT2D eigenvalue weighted by Crippen LogP contribution is 2.23. The van der Waals surface area contributed by atoms with Gasteiger partial charge in [-0.25, -0.2) is 4.98 Å². The van der Waals surface area contributed by atoms with Crippen LogP contribution in [-0.4, -0.2) is 58.1 Å². The Morgan fingerprint density at radius 2 is 2.35 bits per heavy atom. The van der Waals surface area contributed by atoms with E-state index in [1.54, 1.807) is 0 Å². The summed E-state index contributed by atoms with van der Waals surface area (Å²) in [6.07, 6.45) is 0.243. The Morgan fingerprint density at radius 1 is 1.65 bits per heavy atom. The third-order valence-corrected chi connectivity index (χ3v) is 3.45. The van der Waals surface area contributed by atoms with Gasteiger partial charge in [-0.2, -0.15) is 0 Å². The molecule has 108 valence electrons. The fourth-order valence-corrected chi connectivity index (χ4v) is 2.28. The number of β-amino-alcohol motifs (C(OH)–C–C–N with tert-alkyl or cyclic N) is 1. The van der Waals surface area contributed by atoms with Crippen LogP contribution in [0.1, 0.15) is 10.4 Å². The maximum Gasteiger partial charge on any atom is 0.300 e. The number of rotatable bonds is 3. The average molecular weight is 301 g/mol.